The van der Waals surface area contributed by atoms with Gasteiger partial charge in [-0.3, -0.25) is 19.5 Å². The number of para-hydroxylation sites is 1. The molecule has 5 rings (SSSR count). The summed E-state index contributed by atoms with van der Waals surface area (Å²) in [5, 5.41) is 3.14. The molecule has 1 N–H and O–H groups in total. The first-order valence-corrected chi connectivity index (χ1v) is 11.8. The number of amides is 2. The number of pyridine rings is 1. The average Bonchev–Trinajstić information content (AvgIpc) is 3.26. The zero-order chi connectivity index (χ0) is 25.7. The summed E-state index contributed by atoms with van der Waals surface area (Å²) in [6.45, 7) is 9.53. The van der Waals surface area contributed by atoms with Crippen molar-refractivity contribution in [2.24, 2.45) is 0 Å². The maximum Gasteiger partial charge on any atom is 0.331 e. The fourth-order valence-electron chi connectivity index (χ4n) is 4.82. The van der Waals surface area contributed by atoms with Crippen molar-refractivity contribution in [3.05, 3.63) is 111 Å². The van der Waals surface area contributed by atoms with Crippen LogP contribution in [0.1, 0.15) is 33.5 Å². The second kappa shape index (κ2) is 8.61. The predicted octanol–water partition coefficient (Wildman–Crippen LogP) is 3.94. The van der Waals surface area contributed by atoms with Gasteiger partial charge in [-0.05, 0) is 70.0 Å². The number of aryl methyl sites for hydroxylation is 4. The highest BCUT2D eigenvalue weighted by atomic mass is 16.2. The topological polar surface area (TPSA) is 79.1 Å². The number of hydrogen-bond acceptors (Lipinski definition) is 3. The molecule has 0 aliphatic carbocycles. The molecule has 180 valence electrons. The Labute approximate surface area is 208 Å². The van der Waals surface area contributed by atoms with E-state index in [4.69, 9.17) is 0 Å². The molecule has 4 aromatic rings. The molecule has 0 unspecified atom stereocenters. The summed E-state index contributed by atoms with van der Waals surface area (Å²) in [5.41, 5.74) is 5.56. The Bertz CT molecular complexity index is 1620. The molecule has 2 aromatic carbocycles. The van der Waals surface area contributed by atoms with Crippen molar-refractivity contribution in [2.75, 3.05) is 4.90 Å². The van der Waals surface area contributed by atoms with Crippen LogP contribution in [0.15, 0.2) is 71.8 Å². The third kappa shape index (κ3) is 3.60. The number of nitrogens with one attached hydrogen (secondary N) is 1. The van der Waals surface area contributed by atoms with Crippen molar-refractivity contribution in [1.29, 1.82) is 0 Å². The number of aromatic nitrogens is 3. The van der Waals surface area contributed by atoms with Gasteiger partial charge in [0, 0.05) is 16.8 Å². The first-order chi connectivity index (χ1) is 17.2. The maximum absolute atomic E-state index is 13.9. The lowest BCUT2D eigenvalue weighted by molar-refractivity contribution is -0.577. The van der Waals surface area contributed by atoms with Crippen LogP contribution in [0.2, 0.25) is 0 Å². The SMILES string of the molecule is Cc1cc(C)c[n+](C2=C(c3c(C)[nH]n(-c4cccc(C)c4C)c3=O)C(=O)N(c3ccccc3)C2=O)c1. The first kappa shape index (κ1) is 23.2. The average molecular weight is 480 g/mol. The molecule has 0 saturated heterocycles. The molecule has 0 spiro atoms. The molecule has 0 fully saturated rings. The summed E-state index contributed by atoms with van der Waals surface area (Å²) in [7, 11) is 0. The Morgan fingerprint density at radius 1 is 0.778 bits per heavy atom. The minimum Gasteiger partial charge on any atom is -0.295 e. The number of imide groups is 1. The number of carbonyl (C=O) groups is 2. The highest BCUT2D eigenvalue weighted by molar-refractivity contribution is 6.53. The lowest BCUT2D eigenvalue weighted by Gasteiger charge is -2.13. The lowest BCUT2D eigenvalue weighted by Crippen LogP contribution is -2.40. The van der Waals surface area contributed by atoms with E-state index in [0.717, 1.165) is 27.2 Å². The molecule has 1 aliphatic rings. The van der Waals surface area contributed by atoms with Crippen LogP contribution in [0.3, 0.4) is 0 Å². The van der Waals surface area contributed by atoms with Gasteiger partial charge in [0.2, 0.25) is 0 Å². The van der Waals surface area contributed by atoms with Gasteiger partial charge < -0.3 is 0 Å². The van der Waals surface area contributed by atoms with Crippen LogP contribution in [0.4, 0.5) is 5.69 Å². The molecule has 0 bridgehead atoms. The van der Waals surface area contributed by atoms with E-state index in [1.165, 1.54) is 4.68 Å². The summed E-state index contributed by atoms with van der Waals surface area (Å²) >= 11 is 0. The highest BCUT2D eigenvalue weighted by Crippen LogP contribution is 2.33. The van der Waals surface area contributed by atoms with Gasteiger partial charge in [-0.1, -0.05) is 30.3 Å². The normalized spacial score (nSPS) is 13.8. The fourth-order valence-corrected chi connectivity index (χ4v) is 4.82. The van der Waals surface area contributed by atoms with E-state index in [1.807, 2.05) is 58.0 Å². The monoisotopic (exact) mass is 479 g/mol. The van der Waals surface area contributed by atoms with Gasteiger partial charge in [0.1, 0.15) is 5.57 Å². The smallest absolute Gasteiger partial charge is 0.295 e. The number of nitrogens with zero attached hydrogens (tertiary/aromatic N) is 3. The maximum atomic E-state index is 13.9. The van der Waals surface area contributed by atoms with Crippen molar-refractivity contribution in [1.82, 2.24) is 9.78 Å². The molecule has 7 heteroatoms. The van der Waals surface area contributed by atoms with Crippen LogP contribution < -0.4 is 15.0 Å². The van der Waals surface area contributed by atoms with E-state index >= 15 is 0 Å². The van der Waals surface area contributed by atoms with Crippen molar-refractivity contribution in [3.63, 3.8) is 0 Å². The minimum absolute atomic E-state index is 0.0849. The third-order valence-corrected chi connectivity index (χ3v) is 6.61. The Kier molecular flexibility index (Phi) is 5.55. The van der Waals surface area contributed by atoms with Gasteiger partial charge in [-0.15, -0.1) is 0 Å². The number of aromatic amines is 1. The van der Waals surface area contributed by atoms with Gasteiger partial charge >= 0.3 is 5.91 Å². The molecule has 3 heterocycles. The zero-order valence-corrected chi connectivity index (χ0v) is 20.9. The molecule has 0 atom stereocenters. The molecular formula is C29H27N4O3+. The van der Waals surface area contributed by atoms with Crippen molar-refractivity contribution < 1.29 is 14.2 Å². The summed E-state index contributed by atoms with van der Waals surface area (Å²) in [5.74, 6) is -1.00. The number of H-pyrrole nitrogens is 1. The van der Waals surface area contributed by atoms with Crippen LogP contribution >= 0.6 is 0 Å². The molecular weight excluding hydrogens is 452 g/mol. The molecule has 2 aromatic heterocycles. The second-order valence-electron chi connectivity index (χ2n) is 9.27. The van der Waals surface area contributed by atoms with Gasteiger partial charge in [0.05, 0.1) is 16.9 Å². The van der Waals surface area contributed by atoms with Gasteiger partial charge in [0.15, 0.2) is 12.4 Å². The Morgan fingerprint density at radius 2 is 1.44 bits per heavy atom. The van der Waals surface area contributed by atoms with E-state index < -0.39 is 11.8 Å². The molecule has 0 radical (unpaired) electrons. The van der Waals surface area contributed by atoms with Crippen molar-refractivity contribution in [3.8, 4) is 5.69 Å². The van der Waals surface area contributed by atoms with Gasteiger partial charge in [-0.25, -0.2) is 9.58 Å². The number of anilines is 1. The Balaban J connectivity index is 1.80. The van der Waals surface area contributed by atoms with Crippen molar-refractivity contribution >= 4 is 28.8 Å². The number of hydrogen-bond donors (Lipinski definition) is 1. The van der Waals surface area contributed by atoms with Gasteiger partial charge in [0.25, 0.3) is 17.2 Å². The molecule has 1 aliphatic heterocycles. The highest BCUT2D eigenvalue weighted by Gasteiger charge is 2.48. The Morgan fingerprint density at radius 3 is 2.11 bits per heavy atom. The summed E-state index contributed by atoms with van der Waals surface area (Å²) in [6, 6.07) is 16.5. The summed E-state index contributed by atoms with van der Waals surface area (Å²) in [6.07, 6.45) is 3.60. The van der Waals surface area contributed by atoms with Crippen LogP contribution in [0.5, 0.6) is 0 Å². The number of benzene rings is 2. The third-order valence-electron chi connectivity index (χ3n) is 6.61. The van der Waals surface area contributed by atoms with Crippen LogP contribution in [-0.2, 0) is 9.59 Å². The molecule has 0 saturated carbocycles. The van der Waals surface area contributed by atoms with E-state index in [9.17, 15) is 14.4 Å². The van der Waals surface area contributed by atoms with E-state index in [0.29, 0.717) is 17.1 Å². The molecule has 7 nitrogen and oxygen atoms in total. The Hall–Kier alpha value is -4.52. The molecule has 2 amide bonds. The van der Waals surface area contributed by atoms with E-state index in [2.05, 4.69) is 5.10 Å². The van der Waals surface area contributed by atoms with Crippen LogP contribution in [0.25, 0.3) is 17.0 Å². The van der Waals surface area contributed by atoms with Gasteiger partial charge in [-0.2, -0.15) is 4.57 Å². The summed E-state index contributed by atoms with van der Waals surface area (Å²) in [4.78, 5) is 42.7. The standard InChI is InChI=1S/C29H26N4O3/c1-17-14-18(2)16-31(15-17)26-25(27(34)32(29(26)36)22-11-7-6-8-12-22)24-21(5)30-33(28(24)35)23-13-9-10-19(3)20(23)4/h6-16H,1-5H3/p+1. The van der Waals surface area contributed by atoms with E-state index in [1.54, 1.807) is 48.1 Å². The number of carbonyl (C=O) groups excluding carboxylic acids is 2. The predicted molar refractivity (Wildman–Crippen MR) is 139 cm³/mol. The largest absolute Gasteiger partial charge is 0.331 e. The zero-order valence-electron chi connectivity index (χ0n) is 20.9. The quantitative estimate of drug-likeness (QED) is 0.356. The first-order valence-electron chi connectivity index (χ1n) is 11.8. The van der Waals surface area contributed by atoms with Crippen molar-refractivity contribution in [2.45, 2.75) is 34.6 Å². The van der Waals surface area contributed by atoms with Crippen LogP contribution in [0, 0.1) is 34.6 Å². The fraction of sp³-hybridized carbons (Fsp3) is 0.172. The lowest BCUT2D eigenvalue weighted by atomic mass is 10.0. The summed E-state index contributed by atoms with van der Waals surface area (Å²) < 4.78 is 3.12. The second-order valence-corrected chi connectivity index (χ2v) is 9.27. The van der Waals surface area contributed by atoms with Crippen LogP contribution in [-0.4, -0.2) is 21.6 Å². The molecule has 36 heavy (non-hydrogen) atoms. The minimum atomic E-state index is -0.528. The number of rotatable bonds is 4. The van der Waals surface area contributed by atoms with E-state index in [-0.39, 0.29) is 22.4 Å².